The zero-order chi connectivity index (χ0) is 12.5. The molecule has 0 fully saturated rings. The number of rotatable bonds is 3. The van der Waals surface area contributed by atoms with E-state index in [0.717, 1.165) is 22.1 Å². The lowest BCUT2D eigenvalue weighted by atomic mass is 9.95. The van der Waals surface area contributed by atoms with Crippen molar-refractivity contribution in [2.24, 2.45) is 5.73 Å². The lowest BCUT2D eigenvalue weighted by molar-refractivity contribution is 0.536. The minimum absolute atomic E-state index is 0.0843. The molecule has 0 saturated carbocycles. The number of aryl methyl sites for hydroxylation is 1. The topological polar surface area (TPSA) is 64.7 Å². The fourth-order valence-corrected chi connectivity index (χ4v) is 2.38. The highest BCUT2D eigenvalue weighted by Gasteiger charge is 2.23. The predicted molar refractivity (Wildman–Crippen MR) is 70.0 cm³/mol. The van der Waals surface area contributed by atoms with Gasteiger partial charge in [0.25, 0.3) is 0 Å². The second-order valence-electron chi connectivity index (χ2n) is 4.62. The Bertz CT molecular complexity index is 519. The van der Waals surface area contributed by atoms with Crippen molar-refractivity contribution in [1.82, 2.24) is 15.0 Å². The third-order valence-corrected chi connectivity index (χ3v) is 3.93. The van der Waals surface area contributed by atoms with Gasteiger partial charge in [-0.3, -0.25) is 9.97 Å². The molecule has 2 aromatic rings. The van der Waals surface area contributed by atoms with Crippen molar-refractivity contribution in [2.75, 3.05) is 6.54 Å². The molecule has 2 aromatic heterocycles. The second-order valence-corrected chi connectivity index (χ2v) is 5.47. The molecule has 0 spiro atoms. The van der Waals surface area contributed by atoms with Crippen molar-refractivity contribution < 1.29 is 0 Å². The minimum Gasteiger partial charge on any atom is -0.330 e. The van der Waals surface area contributed by atoms with E-state index in [4.69, 9.17) is 5.73 Å². The first kappa shape index (κ1) is 12.1. The van der Waals surface area contributed by atoms with Crippen LogP contribution in [0.15, 0.2) is 17.8 Å². The van der Waals surface area contributed by atoms with Gasteiger partial charge >= 0.3 is 0 Å². The van der Waals surface area contributed by atoms with Crippen molar-refractivity contribution in [3.8, 4) is 11.4 Å². The van der Waals surface area contributed by atoms with Crippen LogP contribution in [0.2, 0.25) is 0 Å². The lowest BCUT2D eigenvalue weighted by Crippen LogP contribution is -2.27. The van der Waals surface area contributed by atoms with Gasteiger partial charge in [0.2, 0.25) is 0 Å². The van der Waals surface area contributed by atoms with Gasteiger partial charge < -0.3 is 5.73 Å². The Morgan fingerprint density at radius 3 is 2.65 bits per heavy atom. The van der Waals surface area contributed by atoms with Gasteiger partial charge in [-0.2, -0.15) is 0 Å². The van der Waals surface area contributed by atoms with Gasteiger partial charge in [0, 0.05) is 29.7 Å². The van der Waals surface area contributed by atoms with Crippen molar-refractivity contribution >= 4 is 11.3 Å². The Hall–Kier alpha value is -1.33. The third-order valence-electron chi connectivity index (χ3n) is 2.72. The molecule has 90 valence electrons. The Morgan fingerprint density at radius 1 is 1.29 bits per heavy atom. The van der Waals surface area contributed by atoms with Crippen molar-refractivity contribution in [3.63, 3.8) is 0 Å². The van der Waals surface area contributed by atoms with Crippen LogP contribution in [0.1, 0.15) is 24.5 Å². The largest absolute Gasteiger partial charge is 0.330 e. The van der Waals surface area contributed by atoms with E-state index in [1.807, 2.05) is 12.3 Å². The zero-order valence-corrected chi connectivity index (χ0v) is 11.1. The Kier molecular flexibility index (Phi) is 3.22. The molecule has 2 rings (SSSR count). The van der Waals surface area contributed by atoms with Crippen LogP contribution in [-0.4, -0.2) is 21.5 Å². The first-order valence-corrected chi connectivity index (χ1v) is 6.36. The average molecular weight is 248 g/mol. The molecule has 0 unspecified atom stereocenters. The van der Waals surface area contributed by atoms with Gasteiger partial charge in [0.15, 0.2) is 0 Å². The van der Waals surface area contributed by atoms with Crippen molar-refractivity contribution in [1.29, 1.82) is 0 Å². The molecule has 4 nitrogen and oxygen atoms in total. The summed E-state index contributed by atoms with van der Waals surface area (Å²) < 4.78 is 0. The molecule has 0 saturated heterocycles. The third kappa shape index (κ3) is 2.35. The maximum atomic E-state index is 5.75. The molecule has 2 N–H and O–H groups in total. The summed E-state index contributed by atoms with van der Waals surface area (Å²) in [6.07, 6.45) is 3.38. The second kappa shape index (κ2) is 4.50. The summed E-state index contributed by atoms with van der Waals surface area (Å²) in [6, 6.07) is 0. The van der Waals surface area contributed by atoms with Crippen LogP contribution in [0.5, 0.6) is 0 Å². The number of thiazole rings is 1. The summed E-state index contributed by atoms with van der Waals surface area (Å²) in [4.78, 5) is 13.2. The fraction of sp³-hybridized carbons (Fsp3) is 0.417. The number of hydrogen-bond acceptors (Lipinski definition) is 5. The number of nitrogens with two attached hydrogens (primary N) is 1. The van der Waals surface area contributed by atoms with Crippen molar-refractivity contribution in [3.05, 3.63) is 28.5 Å². The van der Waals surface area contributed by atoms with E-state index < -0.39 is 0 Å². The van der Waals surface area contributed by atoms with Crippen LogP contribution < -0.4 is 5.73 Å². The summed E-state index contributed by atoms with van der Waals surface area (Å²) in [7, 11) is 0. The molecular formula is C12H16N4S. The summed E-state index contributed by atoms with van der Waals surface area (Å²) in [5.74, 6) is 0. The zero-order valence-electron chi connectivity index (χ0n) is 10.3. The van der Waals surface area contributed by atoms with Crippen LogP contribution in [0, 0.1) is 6.92 Å². The highest BCUT2D eigenvalue weighted by Crippen LogP contribution is 2.29. The van der Waals surface area contributed by atoms with E-state index in [0.29, 0.717) is 6.54 Å². The fourth-order valence-electron chi connectivity index (χ4n) is 1.44. The SMILES string of the molecule is Cc1nccnc1-c1csc(C(C)(C)CN)n1. The molecule has 5 heteroatoms. The van der Waals surface area contributed by atoms with Gasteiger partial charge in [-0.05, 0) is 6.92 Å². The lowest BCUT2D eigenvalue weighted by Gasteiger charge is -2.18. The minimum atomic E-state index is -0.0843. The van der Waals surface area contributed by atoms with Crippen molar-refractivity contribution in [2.45, 2.75) is 26.2 Å². The molecule has 0 atom stereocenters. The van der Waals surface area contributed by atoms with E-state index in [2.05, 4.69) is 28.8 Å². The van der Waals surface area contributed by atoms with Gasteiger partial charge in [-0.25, -0.2) is 4.98 Å². The molecule has 0 aliphatic rings. The Morgan fingerprint density at radius 2 is 2.00 bits per heavy atom. The molecule has 0 aliphatic heterocycles. The van der Waals surface area contributed by atoms with Crippen LogP contribution in [0.3, 0.4) is 0 Å². The van der Waals surface area contributed by atoms with Crippen LogP contribution in [0.4, 0.5) is 0 Å². The molecule has 17 heavy (non-hydrogen) atoms. The number of aromatic nitrogens is 3. The van der Waals surface area contributed by atoms with Gasteiger partial charge in [-0.1, -0.05) is 13.8 Å². The van der Waals surface area contributed by atoms with Crippen LogP contribution >= 0.6 is 11.3 Å². The monoisotopic (exact) mass is 248 g/mol. The van der Waals surface area contributed by atoms with Crippen LogP contribution in [-0.2, 0) is 5.41 Å². The summed E-state index contributed by atoms with van der Waals surface area (Å²) in [5, 5.41) is 3.06. The molecule has 0 bridgehead atoms. The molecule has 0 amide bonds. The van der Waals surface area contributed by atoms with E-state index in [1.54, 1.807) is 23.7 Å². The van der Waals surface area contributed by atoms with E-state index >= 15 is 0 Å². The highest BCUT2D eigenvalue weighted by atomic mass is 32.1. The maximum Gasteiger partial charge on any atom is 0.111 e. The molecule has 0 aliphatic carbocycles. The molecule has 0 aromatic carbocycles. The maximum absolute atomic E-state index is 5.75. The Balaban J connectivity index is 2.40. The molecule has 0 radical (unpaired) electrons. The smallest absolute Gasteiger partial charge is 0.111 e. The highest BCUT2D eigenvalue weighted by molar-refractivity contribution is 7.10. The number of nitrogens with zero attached hydrogens (tertiary/aromatic N) is 3. The first-order valence-electron chi connectivity index (χ1n) is 5.48. The summed E-state index contributed by atoms with van der Waals surface area (Å²) in [6.45, 7) is 6.72. The van der Waals surface area contributed by atoms with Gasteiger partial charge in [0.05, 0.1) is 5.69 Å². The molecule has 2 heterocycles. The number of hydrogen-bond donors (Lipinski definition) is 1. The van der Waals surface area contributed by atoms with Gasteiger partial charge in [-0.15, -0.1) is 11.3 Å². The standard InChI is InChI=1S/C12H16N4S/c1-8-10(15-5-4-14-8)9-6-17-11(16-9)12(2,3)7-13/h4-6H,7,13H2,1-3H3. The predicted octanol–water partition coefficient (Wildman–Crippen LogP) is 2.14. The summed E-state index contributed by atoms with van der Waals surface area (Å²) in [5.41, 5.74) is 8.30. The normalized spacial score (nSPS) is 11.8. The quantitative estimate of drug-likeness (QED) is 0.904. The van der Waals surface area contributed by atoms with E-state index in [1.165, 1.54) is 0 Å². The Labute approximate surface area is 105 Å². The molecular weight excluding hydrogens is 232 g/mol. The van der Waals surface area contributed by atoms with E-state index in [9.17, 15) is 0 Å². The van der Waals surface area contributed by atoms with E-state index in [-0.39, 0.29) is 5.41 Å². The first-order chi connectivity index (χ1) is 8.04. The van der Waals surface area contributed by atoms with Crippen LogP contribution in [0.25, 0.3) is 11.4 Å². The van der Waals surface area contributed by atoms with Gasteiger partial charge in [0.1, 0.15) is 16.4 Å². The summed E-state index contributed by atoms with van der Waals surface area (Å²) >= 11 is 1.63. The average Bonchev–Trinajstić information content (AvgIpc) is 2.79.